The van der Waals surface area contributed by atoms with Crippen molar-refractivity contribution < 1.29 is 4.79 Å². The first-order valence-corrected chi connectivity index (χ1v) is 5.19. The summed E-state index contributed by atoms with van der Waals surface area (Å²) in [5.74, 6) is 0.507. The number of thioether (sulfide) groups is 1. The molecule has 0 aliphatic carbocycles. The van der Waals surface area contributed by atoms with E-state index in [2.05, 4.69) is 15.3 Å². The molecule has 0 fully saturated rings. The van der Waals surface area contributed by atoms with Gasteiger partial charge in [0.05, 0.1) is 5.25 Å². The van der Waals surface area contributed by atoms with Crippen LogP contribution in [-0.4, -0.2) is 28.2 Å². The molecular formula is C8H13N5OS. The summed E-state index contributed by atoms with van der Waals surface area (Å²) < 4.78 is 0. The number of carbonyl (C=O) groups is 1. The minimum Gasteiger partial charge on any atom is -0.383 e. The molecule has 1 aromatic rings. The largest absolute Gasteiger partial charge is 0.383 e. The Morgan fingerprint density at radius 3 is 2.47 bits per heavy atom. The molecule has 0 aliphatic heterocycles. The van der Waals surface area contributed by atoms with E-state index in [1.54, 1.807) is 14.0 Å². The van der Waals surface area contributed by atoms with E-state index >= 15 is 0 Å². The molecule has 0 saturated carbocycles. The minimum absolute atomic E-state index is 0.0930. The standard InChI is InChI=1S/C8H13N5OS/c1-4(7(14)11-2)15-8-12-5(9)3-6(10)13-8/h3-4H,1-2H3,(H,11,14)(H4,9,10,12,13). The van der Waals surface area contributed by atoms with Gasteiger partial charge in [-0.3, -0.25) is 4.79 Å². The minimum atomic E-state index is -0.281. The zero-order chi connectivity index (χ0) is 11.4. The van der Waals surface area contributed by atoms with Crippen molar-refractivity contribution >= 4 is 29.3 Å². The van der Waals surface area contributed by atoms with Gasteiger partial charge in [0.1, 0.15) is 11.6 Å². The van der Waals surface area contributed by atoms with Crippen LogP contribution in [0, 0.1) is 0 Å². The summed E-state index contributed by atoms with van der Waals surface area (Å²) in [6.07, 6.45) is 0. The van der Waals surface area contributed by atoms with Gasteiger partial charge in [-0.2, -0.15) is 0 Å². The zero-order valence-electron chi connectivity index (χ0n) is 8.52. The van der Waals surface area contributed by atoms with E-state index in [0.29, 0.717) is 16.8 Å². The molecular weight excluding hydrogens is 214 g/mol. The summed E-state index contributed by atoms with van der Waals surface area (Å²) in [6, 6.07) is 1.47. The van der Waals surface area contributed by atoms with Crippen molar-refractivity contribution in [1.29, 1.82) is 0 Å². The highest BCUT2D eigenvalue weighted by Gasteiger charge is 2.14. The maximum atomic E-state index is 11.2. The van der Waals surface area contributed by atoms with Crippen molar-refractivity contribution in [3.8, 4) is 0 Å². The van der Waals surface area contributed by atoms with Gasteiger partial charge in [-0.1, -0.05) is 11.8 Å². The molecule has 0 spiro atoms. The highest BCUT2D eigenvalue weighted by molar-refractivity contribution is 8.00. The van der Waals surface area contributed by atoms with Crippen molar-refractivity contribution in [1.82, 2.24) is 15.3 Å². The van der Waals surface area contributed by atoms with Crippen LogP contribution in [0.15, 0.2) is 11.2 Å². The average Bonchev–Trinajstić information content (AvgIpc) is 2.14. The van der Waals surface area contributed by atoms with Crippen molar-refractivity contribution in [2.75, 3.05) is 18.5 Å². The molecule has 0 aromatic carbocycles. The highest BCUT2D eigenvalue weighted by Crippen LogP contribution is 2.21. The van der Waals surface area contributed by atoms with Gasteiger partial charge in [-0.25, -0.2) is 9.97 Å². The maximum Gasteiger partial charge on any atom is 0.233 e. The predicted octanol–water partition coefficient (Wildman–Crippen LogP) is -0.132. The Labute approximate surface area is 91.8 Å². The van der Waals surface area contributed by atoms with Gasteiger partial charge in [0.25, 0.3) is 0 Å². The molecule has 1 rings (SSSR count). The van der Waals surface area contributed by atoms with Crippen LogP contribution in [0.25, 0.3) is 0 Å². The summed E-state index contributed by atoms with van der Waals surface area (Å²) in [5.41, 5.74) is 11.0. The van der Waals surface area contributed by atoms with Crippen LogP contribution in [0.2, 0.25) is 0 Å². The Balaban J connectivity index is 2.76. The van der Waals surface area contributed by atoms with E-state index in [4.69, 9.17) is 11.5 Å². The highest BCUT2D eigenvalue weighted by atomic mass is 32.2. The number of amides is 1. The molecule has 5 N–H and O–H groups in total. The Hall–Kier alpha value is -1.50. The number of aromatic nitrogens is 2. The van der Waals surface area contributed by atoms with Crippen LogP contribution < -0.4 is 16.8 Å². The Morgan fingerprint density at radius 2 is 2.00 bits per heavy atom. The second-order valence-corrected chi connectivity index (χ2v) is 4.18. The number of carbonyl (C=O) groups excluding carboxylic acids is 1. The number of nitrogens with two attached hydrogens (primary N) is 2. The molecule has 7 heteroatoms. The summed E-state index contributed by atoms with van der Waals surface area (Å²) in [4.78, 5) is 19.2. The summed E-state index contributed by atoms with van der Waals surface area (Å²) in [7, 11) is 1.58. The molecule has 6 nitrogen and oxygen atoms in total. The fourth-order valence-electron chi connectivity index (χ4n) is 0.930. The number of rotatable bonds is 3. The smallest absolute Gasteiger partial charge is 0.233 e. The van der Waals surface area contributed by atoms with Crippen molar-refractivity contribution in [2.24, 2.45) is 0 Å². The fraction of sp³-hybridized carbons (Fsp3) is 0.375. The Morgan fingerprint density at radius 1 is 1.47 bits per heavy atom. The first kappa shape index (κ1) is 11.6. The predicted molar refractivity (Wildman–Crippen MR) is 60.2 cm³/mol. The van der Waals surface area contributed by atoms with E-state index in [-0.39, 0.29) is 11.2 Å². The molecule has 0 saturated heterocycles. The summed E-state index contributed by atoms with van der Waals surface area (Å²) in [5, 5.41) is 2.66. The van der Waals surface area contributed by atoms with Crippen LogP contribution in [0.3, 0.4) is 0 Å². The van der Waals surface area contributed by atoms with Crippen LogP contribution >= 0.6 is 11.8 Å². The third-order valence-corrected chi connectivity index (χ3v) is 2.60. The molecule has 0 aliphatic rings. The van der Waals surface area contributed by atoms with E-state index < -0.39 is 0 Å². The molecule has 1 atom stereocenters. The SMILES string of the molecule is CNC(=O)C(C)Sc1nc(N)cc(N)n1. The van der Waals surface area contributed by atoms with Gasteiger partial charge < -0.3 is 16.8 Å². The molecule has 82 valence electrons. The maximum absolute atomic E-state index is 11.2. The first-order chi connectivity index (χ1) is 7.02. The molecule has 0 radical (unpaired) electrons. The third kappa shape index (κ3) is 3.28. The van der Waals surface area contributed by atoms with Crippen LogP contribution in [0.5, 0.6) is 0 Å². The Kier molecular flexibility index (Phi) is 3.73. The lowest BCUT2D eigenvalue weighted by atomic mass is 10.4. The lowest BCUT2D eigenvalue weighted by Gasteiger charge is -2.08. The van der Waals surface area contributed by atoms with E-state index in [1.165, 1.54) is 17.8 Å². The van der Waals surface area contributed by atoms with E-state index in [1.807, 2.05) is 0 Å². The van der Waals surface area contributed by atoms with Gasteiger partial charge in [-0.15, -0.1) is 0 Å². The van der Waals surface area contributed by atoms with Crippen LogP contribution in [0.1, 0.15) is 6.92 Å². The number of nitrogen functional groups attached to an aromatic ring is 2. The van der Waals surface area contributed by atoms with E-state index in [9.17, 15) is 4.79 Å². The van der Waals surface area contributed by atoms with Gasteiger partial charge in [0.2, 0.25) is 5.91 Å². The Bertz CT molecular complexity index is 350. The van der Waals surface area contributed by atoms with Crippen LogP contribution in [0.4, 0.5) is 11.6 Å². The number of hydrogen-bond acceptors (Lipinski definition) is 6. The molecule has 1 unspecified atom stereocenters. The van der Waals surface area contributed by atoms with Crippen molar-refractivity contribution in [3.63, 3.8) is 0 Å². The molecule has 1 heterocycles. The topological polar surface area (TPSA) is 107 Å². The summed E-state index contributed by atoms with van der Waals surface area (Å²) >= 11 is 1.21. The number of nitrogens with one attached hydrogen (secondary N) is 1. The number of hydrogen-bond donors (Lipinski definition) is 3. The van der Waals surface area contributed by atoms with Gasteiger partial charge in [0.15, 0.2) is 5.16 Å². The lowest BCUT2D eigenvalue weighted by molar-refractivity contribution is -0.119. The monoisotopic (exact) mass is 227 g/mol. The normalized spacial score (nSPS) is 12.1. The zero-order valence-corrected chi connectivity index (χ0v) is 9.34. The summed E-state index contributed by atoms with van der Waals surface area (Å²) in [6.45, 7) is 1.76. The second-order valence-electron chi connectivity index (χ2n) is 2.87. The molecule has 15 heavy (non-hydrogen) atoms. The average molecular weight is 227 g/mol. The first-order valence-electron chi connectivity index (χ1n) is 4.31. The van der Waals surface area contributed by atoms with E-state index in [0.717, 1.165) is 0 Å². The second kappa shape index (κ2) is 4.83. The molecule has 0 bridgehead atoms. The lowest BCUT2D eigenvalue weighted by Crippen LogP contribution is -2.27. The van der Waals surface area contributed by atoms with Gasteiger partial charge >= 0.3 is 0 Å². The van der Waals surface area contributed by atoms with Crippen molar-refractivity contribution in [3.05, 3.63) is 6.07 Å². The molecule has 1 amide bonds. The van der Waals surface area contributed by atoms with Crippen molar-refractivity contribution in [2.45, 2.75) is 17.3 Å². The number of nitrogens with zero attached hydrogens (tertiary/aromatic N) is 2. The molecule has 1 aromatic heterocycles. The third-order valence-electron chi connectivity index (χ3n) is 1.64. The van der Waals surface area contributed by atoms with Crippen LogP contribution in [-0.2, 0) is 4.79 Å². The number of anilines is 2. The van der Waals surface area contributed by atoms with Gasteiger partial charge in [0, 0.05) is 13.1 Å². The fourth-order valence-corrected chi connectivity index (χ4v) is 1.79. The van der Waals surface area contributed by atoms with Gasteiger partial charge in [-0.05, 0) is 6.92 Å². The quantitative estimate of drug-likeness (QED) is 0.490.